The molecule has 2 nitrogen and oxygen atoms in total. The lowest BCUT2D eigenvalue weighted by Crippen LogP contribution is -2.22. The molecular formula is C14H18N2. The van der Waals surface area contributed by atoms with Crippen LogP contribution in [0.25, 0.3) is 6.08 Å². The van der Waals surface area contributed by atoms with Crippen molar-refractivity contribution in [3.8, 4) is 0 Å². The van der Waals surface area contributed by atoms with Crippen LogP contribution in [-0.2, 0) is 0 Å². The van der Waals surface area contributed by atoms with Crippen LogP contribution in [0.3, 0.4) is 0 Å². The molecule has 3 atom stereocenters. The first-order valence-electron chi connectivity index (χ1n) is 6.24. The molecule has 1 N–H and O–H groups in total. The van der Waals surface area contributed by atoms with Crippen LogP contribution in [-0.4, -0.2) is 17.1 Å². The number of hydrogen-bond acceptors (Lipinski definition) is 2. The summed E-state index contributed by atoms with van der Waals surface area (Å²) >= 11 is 0. The second-order valence-electron chi connectivity index (χ2n) is 4.97. The second-order valence-corrected chi connectivity index (χ2v) is 4.97. The largest absolute Gasteiger partial charge is 0.311 e. The predicted molar refractivity (Wildman–Crippen MR) is 65.9 cm³/mol. The van der Waals surface area contributed by atoms with Crippen LogP contribution in [0.5, 0.6) is 0 Å². The van der Waals surface area contributed by atoms with Gasteiger partial charge in [0.05, 0.1) is 0 Å². The van der Waals surface area contributed by atoms with Crippen molar-refractivity contribution in [2.75, 3.05) is 0 Å². The molecule has 0 radical (unpaired) electrons. The van der Waals surface area contributed by atoms with E-state index in [0.29, 0.717) is 0 Å². The molecule has 3 rings (SSSR count). The number of rotatable bonds is 3. The van der Waals surface area contributed by atoms with Crippen molar-refractivity contribution in [3.05, 3.63) is 36.2 Å². The summed E-state index contributed by atoms with van der Waals surface area (Å²) in [4.78, 5) is 4.11. The fourth-order valence-corrected chi connectivity index (χ4v) is 3.05. The van der Waals surface area contributed by atoms with Gasteiger partial charge in [0.25, 0.3) is 0 Å². The first kappa shape index (κ1) is 10.0. The van der Waals surface area contributed by atoms with Crippen molar-refractivity contribution >= 4 is 6.08 Å². The van der Waals surface area contributed by atoms with Gasteiger partial charge in [-0.2, -0.15) is 0 Å². The van der Waals surface area contributed by atoms with Gasteiger partial charge in [-0.3, -0.25) is 4.98 Å². The number of pyridine rings is 1. The third kappa shape index (κ3) is 2.03. The van der Waals surface area contributed by atoms with Crippen LogP contribution in [0.1, 0.15) is 31.2 Å². The van der Waals surface area contributed by atoms with Gasteiger partial charge >= 0.3 is 0 Å². The van der Waals surface area contributed by atoms with Crippen LogP contribution in [0.4, 0.5) is 0 Å². The summed E-state index contributed by atoms with van der Waals surface area (Å²) in [5.41, 5.74) is 1.21. The summed E-state index contributed by atoms with van der Waals surface area (Å²) in [6, 6.07) is 5.70. The van der Waals surface area contributed by atoms with Gasteiger partial charge in [-0.1, -0.05) is 18.2 Å². The van der Waals surface area contributed by atoms with E-state index in [4.69, 9.17) is 0 Å². The maximum absolute atomic E-state index is 4.11. The lowest BCUT2D eigenvalue weighted by molar-refractivity contribution is 0.411. The molecule has 2 aliphatic rings. The van der Waals surface area contributed by atoms with E-state index in [1.807, 2.05) is 18.5 Å². The normalized spacial score (nSPS) is 32.6. The van der Waals surface area contributed by atoms with Crippen molar-refractivity contribution in [1.29, 1.82) is 0 Å². The number of aromatic nitrogens is 1. The Bertz CT molecular complexity index is 372. The minimum Gasteiger partial charge on any atom is -0.311 e. The van der Waals surface area contributed by atoms with Gasteiger partial charge in [-0.25, -0.2) is 0 Å². The minimum atomic E-state index is 0.795. The Morgan fingerprint density at radius 1 is 1.44 bits per heavy atom. The predicted octanol–water partition coefficient (Wildman–Crippen LogP) is 2.63. The monoisotopic (exact) mass is 214 g/mol. The van der Waals surface area contributed by atoms with Gasteiger partial charge < -0.3 is 5.32 Å². The molecular weight excluding hydrogens is 196 g/mol. The standard InChI is InChI=1S/C14H18N2/c1(3-11-4-2-8-15-10-11)5-12-9-13-6-7-14(12)16-13/h1-4,8,10,12-14,16H,5-7,9H2/b3-1+. The highest BCUT2D eigenvalue weighted by Gasteiger charge is 2.37. The van der Waals surface area contributed by atoms with Crippen LogP contribution in [0.2, 0.25) is 0 Å². The van der Waals surface area contributed by atoms with Gasteiger partial charge in [0.15, 0.2) is 0 Å². The number of fused-ring (bicyclic) bond motifs is 2. The van der Waals surface area contributed by atoms with Crippen molar-refractivity contribution in [2.45, 2.75) is 37.8 Å². The molecule has 2 fully saturated rings. The summed E-state index contributed by atoms with van der Waals surface area (Å²) in [5.74, 6) is 0.867. The van der Waals surface area contributed by atoms with Gasteiger partial charge in [0.2, 0.25) is 0 Å². The lowest BCUT2D eigenvalue weighted by atomic mass is 9.87. The Morgan fingerprint density at radius 2 is 2.44 bits per heavy atom. The maximum atomic E-state index is 4.11. The average Bonchev–Trinajstić information content (AvgIpc) is 2.92. The molecule has 0 aliphatic carbocycles. The van der Waals surface area contributed by atoms with E-state index < -0.39 is 0 Å². The first-order chi connectivity index (χ1) is 7.92. The molecule has 0 amide bonds. The molecule has 2 aliphatic heterocycles. The number of nitrogens with zero attached hydrogens (tertiary/aromatic N) is 1. The highest BCUT2D eigenvalue weighted by atomic mass is 15.0. The highest BCUT2D eigenvalue weighted by molar-refractivity contribution is 5.47. The first-order valence-corrected chi connectivity index (χ1v) is 6.24. The summed E-state index contributed by atoms with van der Waals surface area (Å²) in [6.45, 7) is 0. The Balaban J connectivity index is 1.55. The SMILES string of the molecule is C(=C\c1cccnc1)/CC1CC2CCC1N2. The zero-order valence-electron chi connectivity index (χ0n) is 9.47. The zero-order valence-corrected chi connectivity index (χ0v) is 9.47. The van der Waals surface area contributed by atoms with Gasteiger partial charge in [0.1, 0.15) is 0 Å². The van der Waals surface area contributed by atoms with Crippen molar-refractivity contribution in [1.82, 2.24) is 10.3 Å². The van der Waals surface area contributed by atoms with Gasteiger partial charge in [-0.05, 0) is 43.2 Å². The zero-order chi connectivity index (χ0) is 10.8. The minimum absolute atomic E-state index is 0.795. The van der Waals surface area contributed by atoms with Gasteiger partial charge in [-0.15, -0.1) is 0 Å². The van der Waals surface area contributed by atoms with E-state index in [1.54, 1.807) is 0 Å². The van der Waals surface area contributed by atoms with E-state index in [2.05, 4.69) is 28.5 Å². The van der Waals surface area contributed by atoms with E-state index in [1.165, 1.54) is 31.2 Å². The topological polar surface area (TPSA) is 24.9 Å². The second kappa shape index (κ2) is 4.38. The van der Waals surface area contributed by atoms with E-state index >= 15 is 0 Å². The molecule has 0 aromatic carbocycles. The number of nitrogens with one attached hydrogen (secondary N) is 1. The third-order valence-corrected chi connectivity index (χ3v) is 3.87. The molecule has 2 heteroatoms. The van der Waals surface area contributed by atoms with Crippen molar-refractivity contribution in [2.24, 2.45) is 5.92 Å². The van der Waals surface area contributed by atoms with E-state index in [-0.39, 0.29) is 0 Å². The molecule has 1 aromatic heterocycles. The molecule has 3 unspecified atom stereocenters. The van der Waals surface area contributed by atoms with Crippen LogP contribution < -0.4 is 5.32 Å². The quantitative estimate of drug-likeness (QED) is 0.836. The van der Waals surface area contributed by atoms with Crippen LogP contribution in [0, 0.1) is 5.92 Å². The Labute approximate surface area is 96.8 Å². The molecule has 3 heterocycles. The molecule has 84 valence electrons. The molecule has 16 heavy (non-hydrogen) atoms. The molecule has 0 saturated carbocycles. The Hall–Kier alpha value is -1.15. The lowest BCUT2D eigenvalue weighted by Gasteiger charge is -2.17. The number of hydrogen-bond donors (Lipinski definition) is 1. The van der Waals surface area contributed by atoms with Gasteiger partial charge in [0, 0.05) is 24.5 Å². The maximum Gasteiger partial charge on any atom is 0.0340 e. The molecule has 1 aromatic rings. The Kier molecular flexibility index (Phi) is 2.75. The molecule has 2 saturated heterocycles. The fraction of sp³-hybridized carbons (Fsp3) is 0.500. The average molecular weight is 214 g/mol. The smallest absolute Gasteiger partial charge is 0.0340 e. The summed E-state index contributed by atoms with van der Waals surface area (Å²) < 4.78 is 0. The third-order valence-electron chi connectivity index (χ3n) is 3.87. The molecule has 2 bridgehead atoms. The van der Waals surface area contributed by atoms with Crippen molar-refractivity contribution in [3.63, 3.8) is 0 Å². The summed E-state index contributed by atoms with van der Waals surface area (Å²) in [7, 11) is 0. The number of allylic oxidation sites excluding steroid dienone is 1. The van der Waals surface area contributed by atoms with E-state index in [0.717, 1.165) is 18.0 Å². The highest BCUT2D eigenvalue weighted by Crippen LogP contribution is 2.35. The molecule has 0 spiro atoms. The Morgan fingerprint density at radius 3 is 3.12 bits per heavy atom. The van der Waals surface area contributed by atoms with Crippen LogP contribution in [0.15, 0.2) is 30.6 Å². The summed E-state index contributed by atoms with van der Waals surface area (Å²) in [6.07, 6.45) is 13.6. The van der Waals surface area contributed by atoms with Crippen LogP contribution >= 0.6 is 0 Å². The summed E-state index contributed by atoms with van der Waals surface area (Å²) in [5, 5.41) is 3.68. The van der Waals surface area contributed by atoms with Crippen molar-refractivity contribution < 1.29 is 0 Å². The fourth-order valence-electron chi connectivity index (χ4n) is 3.05. The van der Waals surface area contributed by atoms with E-state index in [9.17, 15) is 0 Å².